The summed E-state index contributed by atoms with van der Waals surface area (Å²) in [7, 11) is 0. The van der Waals surface area contributed by atoms with E-state index in [1.807, 2.05) is 54.3 Å². The minimum atomic E-state index is -0.538. The minimum absolute atomic E-state index is 0.0257. The second kappa shape index (κ2) is 6.71. The van der Waals surface area contributed by atoms with Crippen molar-refractivity contribution in [1.29, 1.82) is 0 Å². The highest BCUT2D eigenvalue weighted by molar-refractivity contribution is 5.84. The predicted octanol–water partition coefficient (Wildman–Crippen LogP) is 3.66. The summed E-state index contributed by atoms with van der Waals surface area (Å²) in [5.74, 6) is 1.98. The summed E-state index contributed by atoms with van der Waals surface area (Å²) in [6.07, 6.45) is 0.0497. The first-order chi connectivity index (χ1) is 13.7. The molecule has 1 aromatic heterocycles. The van der Waals surface area contributed by atoms with E-state index in [1.54, 1.807) is 0 Å². The normalized spacial score (nSPS) is 18.0. The monoisotopic (exact) mass is 376 g/mol. The van der Waals surface area contributed by atoms with E-state index in [1.165, 1.54) is 0 Å². The van der Waals surface area contributed by atoms with E-state index < -0.39 is 6.10 Å². The molecular formula is C22H20N2O4. The zero-order valence-corrected chi connectivity index (χ0v) is 15.6. The molecule has 0 saturated carbocycles. The van der Waals surface area contributed by atoms with Crippen LogP contribution in [0.4, 0.5) is 0 Å². The number of carbonyl (C=O) groups is 1. The Morgan fingerprint density at radius 2 is 1.96 bits per heavy atom. The number of hydrogen-bond acceptors (Lipinski definition) is 5. The van der Waals surface area contributed by atoms with E-state index in [0.29, 0.717) is 25.4 Å². The lowest BCUT2D eigenvalue weighted by Gasteiger charge is -2.23. The average molecular weight is 376 g/mol. The molecule has 3 heterocycles. The first kappa shape index (κ1) is 16.9. The molecule has 5 rings (SSSR count). The van der Waals surface area contributed by atoms with Gasteiger partial charge in [0.05, 0.1) is 12.1 Å². The summed E-state index contributed by atoms with van der Waals surface area (Å²) >= 11 is 0. The molecule has 6 heteroatoms. The Bertz CT molecular complexity index is 1070. The molecule has 2 aliphatic rings. The Morgan fingerprint density at radius 3 is 2.86 bits per heavy atom. The molecular weight excluding hydrogens is 356 g/mol. The fourth-order valence-corrected chi connectivity index (χ4v) is 3.68. The molecule has 6 nitrogen and oxygen atoms in total. The first-order valence-electron chi connectivity index (χ1n) is 9.44. The number of amides is 1. The molecule has 142 valence electrons. The first-order valence-corrected chi connectivity index (χ1v) is 9.44. The van der Waals surface area contributed by atoms with Crippen LogP contribution in [0.5, 0.6) is 17.4 Å². The SMILES string of the molecule is CC[C@H]1Oc2nc3ccccc3cc2CN(Cc2ccc3c(c2)OCO3)C1=O. The van der Waals surface area contributed by atoms with Gasteiger partial charge >= 0.3 is 0 Å². The summed E-state index contributed by atoms with van der Waals surface area (Å²) in [5.41, 5.74) is 2.78. The summed E-state index contributed by atoms with van der Waals surface area (Å²) in [4.78, 5) is 19.6. The van der Waals surface area contributed by atoms with Crippen molar-refractivity contribution in [2.24, 2.45) is 0 Å². The zero-order valence-electron chi connectivity index (χ0n) is 15.6. The number of para-hydroxylation sites is 1. The van der Waals surface area contributed by atoms with Crippen LogP contribution in [0.2, 0.25) is 0 Å². The van der Waals surface area contributed by atoms with Gasteiger partial charge in [0.2, 0.25) is 12.7 Å². The Balaban J connectivity index is 1.50. The van der Waals surface area contributed by atoms with E-state index >= 15 is 0 Å². The standard InChI is InChI=1S/C22H20N2O4/c1-2-18-22(25)24(11-14-7-8-19-20(9-14)27-13-26-19)12-16-10-15-5-3-4-6-17(15)23-21(16)28-18/h3-10,18H,2,11-13H2,1H3/t18-/m1/s1. The molecule has 0 N–H and O–H groups in total. The number of fused-ring (bicyclic) bond motifs is 3. The molecule has 28 heavy (non-hydrogen) atoms. The van der Waals surface area contributed by atoms with Crippen LogP contribution in [0.1, 0.15) is 24.5 Å². The van der Waals surface area contributed by atoms with Crippen LogP contribution in [-0.2, 0) is 17.9 Å². The number of benzene rings is 2. The van der Waals surface area contributed by atoms with Gasteiger partial charge in [-0.05, 0) is 36.2 Å². The van der Waals surface area contributed by atoms with Gasteiger partial charge in [0, 0.05) is 17.5 Å². The van der Waals surface area contributed by atoms with Crippen LogP contribution >= 0.6 is 0 Å². The van der Waals surface area contributed by atoms with Crippen LogP contribution < -0.4 is 14.2 Å². The highest BCUT2D eigenvalue weighted by atomic mass is 16.7. The van der Waals surface area contributed by atoms with Gasteiger partial charge in [-0.2, -0.15) is 0 Å². The van der Waals surface area contributed by atoms with Gasteiger partial charge < -0.3 is 19.1 Å². The highest BCUT2D eigenvalue weighted by Gasteiger charge is 2.31. The Hall–Kier alpha value is -3.28. The second-order valence-electron chi connectivity index (χ2n) is 7.04. The second-order valence-corrected chi connectivity index (χ2v) is 7.04. The van der Waals surface area contributed by atoms with E-state index in [0.717, 1.165) is 33.5 Å². The lowest BCUT2D eigenvalue weighted by atomic mass is 10.1. The van der Waals surface area contributed by atoms with Crippen LogP contribution in [0.25, 0.3) is 10.9 Å². The van der Waals surface area contributed by atoms with Crippen LogP contribution in [0.3, 0.4) is 0 Å². The van der Waals surface area contributed by atoms with E-state index in [2.05, 4.69) is 11.1 Å². The molecule has 1 amide bonds. The highest BCUT2D eigenvalue weighted by Crippen LogP contribution is 2.34. The number of aromatic nitrogens is 1. The Morgan fingerprint density at radius 1 is 1.11 bits per heavy atom. The third-order valence-corrected chi connectivity index (χ3v) is 5.15. The van der Waals surface area contributed by atoms with Gasteiger partial charge in [-0.1, -0.05) is 31.2 Å². The van der Waals surface area contributed by atoms with Crippen LogP contribution in [-0.4, -0.2) is 28.7 Å². The van der Waals surface area contributed by atoms with Gasteiger partial charge in [0.1, 0.15) is 0 Å². The van der Waals surface area contributed by atoms with Gasteiger partial charge in [-0.25, -0.2) is 4.98 Å². The molecule has 3 aromatic rings. The maximum absolute atomic E-state index is 13.1. The molecule has 2 aliphatic heterocycles. The van der Waals surface area contributed by atoms with Crippen molar-refractivity contribution in [3.8, 4) is 17.4 Å². The molecule has 0 spiro atoms. The molecule has 0 aliphatic carbocycles. The fraction of sp³-hybridized carbons (Fsp3) is 0.273. The van der Waals surface area contributed by atoms with E-state index in [4.69, 9.17) is 14.2 Å². The summed E-state index contributed by atoms with van der Waals surface area (Å²) < 4.78 is 16.9. The Labute approximate surface area is 162 Å². The summed E-state index contributed by atoms with van der Waals surface area (Å²) in [6.45, 7) is 3.12. The maximum atomic E-state index is 13.1. The number of nitrogens with zero attached hydrogens (tertiary/aromatic N) is 2. The lowest BCUT2D eigenvalue weighted by Crippen LogP contribution is -2.38. The van der Waals surface area contributed by atoms with Crippen molar-refractivity contribution in [2.45, 2.75) is 32.5 Å². The lowest BCUT2D eigenvalue weighted by molar-refractivity contribution is -0.139. The van der Waals surface area contributed by atoms with Crippen molar-refractivity contribution in [2.75, 3.05) is 6.79 Å². The molecule has 0 fully saturated rings. The zero-order chi connectivity index (χ0) is 19.1. The smallest absolute Gasteiger partial charge is 0.264 e. The number of hydrogen-bond donors (Lipinski definition) is 0. The van der Waals surface area contributed by atoms with Crippen molar-refractivity contribution < 1.29 is 19.0 Å². The summed E-state index contributed by atoms with van der Waals surface area (Å²) in [6, 6.07) is 15.8. The maximum Gasteiger partial charge on any atom is 0.264 e. The molecule has 2 aromatic carbocycles. The number of ether oxygens (including phenoxy) is 3. The van der Waals surface area contributed by atoms with Gasteiger partial charge in [0.15, 0.2) is 17.6 Å². The average Bonchev–Trinajstić information content (AvgIpc) is 3.14. The van der Waals surface area contributed by atoms with Crippen LogP contribution in [0, 0.1) is 0 Å². The molecule has 0 radical (unpaired) electrons. The van der Waals surface area contributed by atoms with Crippen molar-refractivity contribution in [3.63, 3.8) is 0 Å². The van der Waals surface area contributed by atoms with Gasteiger partial charge in [-0.15, -0.1) is 0 Å². The minimum Gasteiger partial charge on any atom is -0.464 e. The molecule has 0 unspecified atom stereocenters. The largest absolute Gasteiger partial charge is 0.464 e. The van der Waals surface area contributed by atoms with E-state index in [-0.39, 0.29) is 12.7 Å². The number of pyridine rings is 1. The number of rotatable bonds is 3. The van der Waals surface area contributed by atoms with Crippen molar-refractivity contribution >= 4 is 16.8 Å². The van der Waals surface area contributed by atoms with Crippen molar-refractivity contribution in [1.82, 2.24) is 9.88 Å². The predicted molar refractivity (Wildman–Crippen MR) is 103 cm³/mol. The molecule has 0 saturated heterocycles. The molecule has 0 bridgehead atoms. The van der Waals surface area contributed by atoms with Crippen LogP contribution in [0.15, 0.2) is 48.5 Å². The quantitative estimate of drug-likeness (QED) is 0.698. The Kier molecular flexibility index (Phi) is 4.04. The fourth-order valence-electron chi connectivity index (χ4n) is 3.68. The van der Waals surface area contributed by atoms with Crippen molar-refractivity contribution in [3.05, 3.63) is 59.7 Å². The summed E-state index contributed by atoms with van der Waals surface area (Å²) in [5, 5.41) is 1.04. The van der Waals surface area contributed by atoms with Gasteiger partial charge in [-0.3, -0.25) is 4.79 Å². The third-order valence-electron chi connectivity index (χ3n) is 5.15. The third kappa shape index (κ3) is 2.91. The topological polar surface area (TPSA) is 60.9 Å². The molecule has 1 atom stereocenters. The van der Waals surface area contributed by atoms with E-state index in [9.17, 15) is 4.79 Å². The number of carbonyl (C=O) groups excluding carboxylic acids is 1. The van der Waals surface area contributed by atoms with Gasteiger partial charge in [0.25, 0.3) is 5.91 Å².